The van der Waals surface area contributed by atoms with E-state index in [1.165, 1.54) is 173 Å². The number of unbranched alkanes of at least 4 members (excludes halogenated alkanes) is 32. The molecule has 0 fully saturated rings. The molecule has 0 unspecified atom stereocenters. The molecule has 0 heterocycles. The fraction of sp³-hybridized carbons (Fsp3) is 0.769. The second-order valence-corrected chi connectivity index (χ2v) is 20.2. The summed E-state index contributed by atoms with van der Waals surface area (Å²) in [6.07, 6.45) is 76.0. The lowest BCUT2D eigenvalue weighted by atomic mass is 10.1. The van der Waals surface area contributed by atoms with Gasteiger partial charge in [-0.1, -0.05) is 241 Å². The zero-order chi connectivity index (χ0) is 51.4. The molecule has 0 amide bonds. The molecule has 71 heavy (non-hydrogen) atoms. The quantitative estimate of drug-likeness (QED) is 0.0261. The zero-order valence-corrected chi connectivity index (χ0v) is 47.0. The highest BCUT2D eigenvalue weighted by atomic mass is 16.6. The SMILES string of the molecule is CCCCC/C=C\C/C=C\CCCCCCCCCCCC(=O)OC[C@H](COC(=O)CCCCCCC/C=C\C/C=C\CCCCC)OC(=O)CCCCCCCCCCC/C=C\C/C=C\CCCCC. The third-order valence-corrected chi connectivity index (χ3v) is 13.2. The molecule has 0 rings (SSSR count). The number of hydrogen-bond donors (Lipinski definition) is 0. The molecule has 1 atom stereocenters. The number of carbonyl (C=O) groups is 3. The highest BCUT2D eigenvalue weighted by Crippen LogP contribution is 2.16. The van der Waals surface area contributed by atoms with Crippen LogP contribution in [0.2, 0.25) is 0 Å². The summed E-state index contributed by atoms with van der Waals surface area (Å²) >= 11 is 0. The average Bonchev–Trinajstić information content (AvgIpc) is 3.37. The van der Waals surface area contributed by atoms with E-state index in [4.69, 9.17) is 14.2 Å². The Morgan fingerprint density at radius 1 is 0.282 bits per heavy atom. The Morgan fingerprint density at radius 2 is 0.507 bits per heavy atom. The van der Waals surface area contributed by atoms with Crippen molar-refractivity contribution in [1.29, 1.82) is 0 Å². The van der Waals surface area contributed by atoms with Gasteiger partial charge in [-0.05, 0) is 116 Å². The molecule has 0 spiro atoms. The molecule has 6 heteroatoms. The van der Waals surface area contributed by atoms with Crippen LogP contribution in [-0.2, 0) is 28.6 Å². The summed E-state index contributed by atoms with van der Waals surface area (Å²) in [5.74, 6) is -0.894. The van der Waals surface area contributed by atoms with Crippen LogP contribution in [0.4, 0.5) is 0 Å². The Bertz CT molecular complexity index is 1320. The van der Waals surface area contributed by atoms with E-state index in [1.54, 1.807) is 0 Å². The highest BCUT2D eigenvalue weighted by Gasteiger charge is 2.19. The Kier molecular flexibility index (Phi) is 56.8. The Balaban J connectivity index is 4.39. The lowest BCUT2D eigenvalue weighted by Gasteiger charge is -2.18. The van der Waals surface area contributed by atoms with Crippen molar-refractivity contribution in [2.24, 2.45) is 0 Å². The molecule has 0 saturated heterocycles. The molecule has 0 aromatic rings. The van der Waals surface area contributed by atoms with Crippen LogP contribution in [0.5, 0.6) is 0 Å². The minimum Gasteiger partial charge on any atom is -0.462 e. The van der Waals surface area contributed by atoms with Gasteiger partial charge in [0.1, 0.15) is 13.2 Å². The van der Waals surface area contributed by atoms with Gasteiger partial charge >= 0.3 is 17.9 Å². The van der Waals surface area contributed by atoms with Gasteiger partial charge in [0.25, 0.3) is 0 Å². The van der Waals surface area contributed by atoms with Crippen LogP contribution >= 0.6 is 0 Å². The maximum Gasteiger partial charge on any atom is 0.306 e. The monoisotopic (exact) mass is 991 g/mol. The van der Waals surface area contributed by atoms with Gasteiger partial charge in [0.15, 0.2) is 6.10 Å². The van der Waals surface area contributed by atoms with Gasteiger partial charge in [-0.3, -0.25) is 14.4 Å². The van der Waals surface area contributed by atoms with Gasteiger partial charge in [0.05, 0.1) is 0 Å². The molecule has 0 N–H and O–H groups in total. The summed E-state index contributed by atoms with van der Waals surface area (Å²) < 4.78 is 16.9. The molecule has 0 aromatic heterocycles. The van der Waals surface area contributed by atoms with Crippen molar-refractivity contribution in [2.45, 2.75) is 309 Å². The topological polar surface area (TPSA) is 78.9 Å². The second-order valence-electron chi connectivity index (χ2n) is 20.2. The molecule has 410 valence electrons. The number of allylic oxidation sites excluding steroid dienone is 12. The predicted octanol–water partition coefficient (Wildman–Crippen LogP) is 20.5. The lowest BCUT2D eigenvalue weighted by Crippen LogP contribution is -2.30. The fourth-order valence-electron chi connectivity index (χ4n) is 8.53. The number of hydrogen-bond acceptors (Lipinski definition) is 6. The van der Waals surface area contributed by atoms with E-state index < -0.39 is 6.10 Å². The minimum absolute atomic E-state index is 0.0830. The molecule has 0 aliphatic heterocycles. The number of carbonyl (C=O) groups excluding carboxylic acids is 3. The van der Waals surface area contributed by atoms with E-state index in [0.29, 0.717) is 19.3 Å². The first kappa shape index (κ1) is 67.8. The van der Waals surface area contributed by atoms with Gasteiger partial charge in [0.2, 0.25) is 0 Å². The van der Waals surface area contributed by atoms with E-state index in [2.05, 4.69) is 93.7 Å². The largest absolute Gasteiger partial charge is 0.462 e. The summed E-state index contributed by atoms with van der Waals surface area (Å²) in [4.78, 5) is 38.3. The first-order valence-electron chi connectivity index (χ1n) is 30.4. The minimum atomic E-state index is -0.786. The summed E-state index contributed by atoms with van der Waals surface area (Å²) in [5.41, 5.74) is 0. The van der Waals surface area contributed by atoms with Crippen molar-refractivity contribution >= 4 is 17.9 Å². The van der Waals surface area contributed by atoms with Crippen LogP contribution in [-0.4, -0.2) is 37.2 Å². The van der Waals surface area contributed by atoms with E-state index in [-0.39, 0.29) is 31.1 Å². The van der Waals surface area contributed by atoms with Crippen molar-refractivity contribution in [3.8, 4) is 0 Å². The molecule has 0 aromatic carbocycles. The summed E-state index contributed by atoms with van der Waals surface area (Å²) in [5, 5.41) is 0. The third-order valence-electron chi connectivity index (χ3n) is 13.2. The average molecular weight is 992 g/mol. The van der Waals surface area contributed by atoms with Gasteiger partial charge in [0, 0.05) is 19.3 Å². The zero-order valence-electron chi connectivity index (χ0n) is 47.0. The normalized spacial score (nSPS) is 12.5. The molecule has 0 radical (unpaired) electrons. The van der Waals surface area contributed by atoms with Crippen molar-refractivity contribution in [1.82, 2.24) is 0 Å². The Labute approximate surface area is 440 Å². The van der Waals surface area contributed by atoms with Gasteiger partial charge in [-0.2, -0.15) is 0 Å². The second kappa shape index (κ2) is 59.4. The van der Waals surface area contributed by atoms with Crippen LogP contribution < -0.4 is 0 Å². The standard InChI is InChI=1S/C65H114O6/c1-4-7-10-13-16-19-22-25-28-30-32-34-37-40-43-46-49-52-55-58-64(67)70-61-62(60-69-63(66)57-54-51-48-45-42-39-36-27-24-21-18-15-12-9-6-3)71-65(68)59-56-53-50-47-44-41-38-35-33-31-29-26-23-20-17-14-11-8-5-2/h16-21,25-29,36,62H,4-15,22-24,30-35,37-61H2,1-3H3/b19-16-,20-17-,21-18-,28-25-,29-26-,36-27-/t62-/m0/s1. The molecule has 0 aliphatic rings. The number of rotatable bonds is 55. The molecule has 0 aliphatic carbocycles. The van der Waals surface area contributed by atoms with Crippen molar-refractivity contribution in [3.63, 3.8) is 0 Å². The lowest BCUT2D eigenvalue weighted by molar-refractivity contribution is -0.167. The molecule has 6 nitrogen and oxygen atoms in total. The molecule has 0 saturated carbocycles. The van der Waals surface area contributed by atoms with Gasteiger partial charge in [-0.25, -0.2) is 0 Å². The number of esters is 3. The van der Waals surface area contributed by atoms with Crippen LogP contribution in [0.25, 0.3) is 0 Å². The summed E-state index contributed by atoms with van der Waals surface area (Å²) in [7, 11) is 0. The van der Waals surface area contributed by atoms with Crippen LogP contribution in [0, 0.1) is 0 Å². The van der Waals surface area contributed by atoms with Gasteiger partial charge < -0.3 is 14.2 Å². The molecular weight excluding hydrogens is 877 g/mol. The third kappa shape index (κ3) is 57.6. The van der Waals surface area contributed by atoms with Crippen LogP contribution in [0.1, 0.15) is 303 Å². The smallest absolute Gasteiger partial charge is 0.306 e. The first-order chi connectivity index (χ1) is 35.0. The fourth-order valence-corrected chi connectivity index (χ4v) is 8.53. The van der Waals surface area contributed by atoms with Crippen molar-refractivity contribution in [2.75, 3.05) is 13.2 Å². The van der Waals surface area contributed by atoms with E-state index in [1.807, 2.05) is 0 Å². The maximum atomic E-state index is 12.9. The van der Waals surface area contributed by atoms with Crippen LogP contribution in [0.15, 0.2) is 72.9 Å². The van der Waals surface area contributed by atoms with Crippen molar-refractivity contribution in [3.05, 3.63) is 72.9 Å². The summed E-state index contributed by atoms with van der Waals surface area (Å²) in [6.45, 7) is 6.57. The maximum absolute atomic E-state index is 12.9. The Morgan fingerprint density at radius 3 is 0.775 bits per heavy atom. The molecule has 0 bridgehead atoms. The summed E-state index contributed by atoms with van der Waals surface area (Å²) in [6, 6.07) is 0. The van der Waals surface area contributed by atoms with E-state index in [0.717, 1.165) is 89.9 Å². The highest BCUT2D eigenvalue weighted by molar-refractivity contribution is 5.71. The Hall–Kier alpha value is -3.15. The number of ether oxygens (including phenoxy) is 3. The van der Waals surface area contributed by atoms with E-state index >= 15 is 0 Å². The first-order valence-corrected chi connectivity index (χ1v) is 30.4. The van der Waals surface area contributed by atoms with Crippen molar-refractivity contribution < 1.29 is 28.6 Å². The molecular formula is C65H114O6. The van der Waals surface area contributed by atoms with Gasteiger partial charge in [-0.15, -0.1) is 0 Å². The van der Waals surface area contributed by atoms with Crippen LogP contribution in [0.3, 0.4) is 0 Å². The van der Waals surface area contributed by atoms with E-state index in [9.17, 15) is 14.4 Å². The predicted molar refractivity (Wildman–Crippen MR) is 307 cm³/mol.